The molecule has 2 N–H and O–H groups in total. The predicted octanol–water partition coefficient (Wildman–Crippen LogP) is 3.45. The highest BCUT2D eigenvalue weighted by Crippen LogP contribution is 2.44. The molecule has 3 heterocycles. The standard InChI is InChI=1S/C26H30N4O4/c1-2-34-21-17-19(9-10-20(21)31)25-22-23(18-7-4-3-5-8-18)27-28-24(22)26(32)30(25)12-6-11-29-13-15-33-16-14-29/h3-5,7-10,17,25,31H,2,6,11-16H2,1H3,(H,27,28). The molecule has 0 aliphatic carbocycles. The summed E-state index contributed by atoms with van der Waals surface area (Å²) < 4.78 is 11.1. The van der Waals surface area contributed by atoms with Gasteiger partial charge in [0, 0.05) is 37.3 Å². The number of nitrogens with zero attached hydrogens (tertiary/aromatic N) is 3. The van der Waals surface area contributed by atoms with Crippen LogP contribution in [0.1, 0.15) is 41.0 Å². The highest BCUT2D eigenvalue weighted by atomic mass is 16.5. The van der Waals surface area contributed by atoms with Crippen molar-refractivity contribution in [1.29, 1.82) is 0 Å². The molecule has 0 bridgehead atoms. The summed E-state index contributed by atoms with van der Waals surface area (Å²) in [5.74, 6) is 0.450. The van der Waals surface area contributed by atoms with E-state index in [0.29, 0.717) is 24.6 Å². The van der Waals surface area contributed by atoms with Gasteiger partial charge in [0.25, 0.3) is 5.91 Å². The van der Waals surface area contributed by atoms with E-state index in [0.717, 1.165) is 61.7 Å². The second kappa shape index (κ2) is 9.87. The second-order valence-electron chi connectivity index (χ2n) is 8.60. The van der Waals surface area contributed by atoms with Crippen LogP contribution in [0.15, 0.2) is 48.5 Å². The van der Waals surface area contributed by atoms with E-state index in [1.807, 2.05) is 54.3 Å². The molecule has 0 saturated carbocycles. The average molecular weight is 463 g/mol. The molecule has 1 aromatic heterocycles. The number of aromatic nitrogens is 2. The molecule has 8 heteroatoms. The Morgan fingerprint density at radius 3 is 2.71 bits per heavy atom. The molecule has 0 radical (unpaired) electrons. The van der Waals surface area contributed by atoms with Gasteiger partial charge in [-0.3, -0.25) is 14.8 Å². The summed E-state index contributed by atoms with van der Waals surface area (Å²) in [4.78, 5) is 17.8. The number of rotatable bonds is 8. The maximum absolute atomic E-state index is 13.5. The van der Waals surface area contributed by atoms with Crippen LogP contribution in [0.25, 0.3) is 11.3 Å². The Morgan fingerprint density at radius 1 is 1.15 bits per heavy atom. The lowest BCUT2D eigenvalue weighted by Gasteiger charge is -2.30. The van der Waals surface area contributed by atoms with E-state index in [4.69, 9.17) is 9.47 Å². The van der Waals surface area contributed by atoms with E-state index < -0.39 is 0 Å². The lowest BCUT2D eigenvalue weighted by Crippen LogP contribution is -2.38. The first kappa shape index (κ1) is 22.4. The van der Waals surface area contributed by atoms with E-state index in [-0.39, 0.29) is 17.7 Å². The minimum atomic E-state index is -0.319. The van der Waals surface area contributed by atoms with Crippen molar-refractivity contribution in [3.63, 3.8) is 0 Å². The van der Waals surface area contributed by atoms with Gasteiger partial charge in [-0.15, -0.1) is 0 Å². The number of ether oxygens (including phenoxy) is 2. The van der Waals surface area contributed by atoms with Gasteiger partial charge in [0.05, 0.1) is 31.6 Å². The van der Waals surface area contributed by atoms with Gasteiger partial charge in [0.1, 0.15) is 5.69 Å². The molecule has 1 unspecified atom stereocenters. The van der Waals surface area contributed by atoms with Gasteiger partial charge >= 0.3 is 0 Å². The van der Waals surface area contributed by atoms with Gasteiger partial charge < -0.3 is 19.5 Å². The summed E-state index contributed by atoms with van der Waals surface area (Å²) in [5, 5.41) is 17.8. The Balaban J connectivity index is 1.49. The number of nitrogens with one attached hydrogen (secondary N) is 1. The first-order valence-corrected chi connectivity index (χ1v) is 11.9. The van der Waals surface area contributed by atoms with Crippen LogP contribution in [0.4, 0.5) is 0 Å². The zero-order valence-corrected chi connectivity index (χ0v) is 19.4. The lowest BCUT2D eigenvalue weighted by molar-refractivity contribution is 0.0354. The van der Waals surface area contributed by atoms with Gasteiger partial charge in [-0.1, -0.05) is 36.4 Å². The Labute approximate surface area is 199 Å². The minimum Gasteiger partial charge on any atom is -0.504 e. The molecule has 2 aliphatic heterocycles. The smallest absolute Gasteiger partial charge is 0.273 e. The second-order valence-corrected chi connectivity index (χ2v) is 8.60. The summed E-state index contributed by atoms with van der Waals surface area (Å²) in [6.07, 6.45) is 0.858. The summed E-state index contributed by atoms with van der Waals surface area (Å²) in [7, 11) is 0. The molecule has 1 saturated heterocycles. The number of aromatic hydroxyl groups is 1. The van der Waals surface area contributed by atoms with Gasteiger partial charge in [-0.25, -0.2) is 0 Å². The van der Waals surface area contributed by atoms with Crippen LogP contribution in [-0.4, -0.2) is 77.0 Å². The number of phenols is 1. The fourth-order valence-electron chi connectivity index (χ4n) is 4.85. The van der Waals surface area contributed by atoms with E-state index in [2.05, 4.69) is 15.1 Å². The van der Waals surface area contributed by atoms with Crippen LogP contribution >= 0.6 is 0 Å². The van der Waals surface area contributed by atoms with Gasteiger partial charge in [-0.05, 0) is 31.0 Å². The number of H-pyrrole nitrogens is 1. The van der Waals surface area contributed by atoms with Crippen LogP contribution in [0.2, 0.25) is 0 Å². The predicted molar refractivity (Wildman–Crippen MR) is 128 cm³/mol. The normalized spacial score (nSPS) is 18.3. The minimum absolute atomic E-state index is 0.0531. The molecule has 1 fully saturated rings. The van der Waals surface area contributed by atoms with E-state index in [1.54, 1.807) is 6.07 Å². The molecule has 1 atom stereocenters. The maximum Gasteiger partial charge on any atom is 0.273 e. The Morgan fingerprint density at radius 2 is 1.94 bits per heavy atom. The summed E-state index contributed by atoms with van der Waals surface area (Å²) in [6.45, 7) is 7.22. The Hall–Kier alpha value is -3.36. The molecule has 5 rings (SSSR count). The highest BCUT2D eigenvalue weighted by Gasteiger charge is 2.42. The van der Waals surface area contributed by atoms with Gasteiger partial charge in [-0.2, -0.15) is 5.10 Å². The van der Waals surface area contributed by atoms with Crippen LogP contribution in [-0.2, 0) is 4.74 Å². The van der Waals surface area contributed by atoms with Crippen LogP contribution in [0.3, 0.4) is 0 Å². The van der Waals surface area contributed by atoms with Gasteiger partial charge in [0.2, 0.25) is 0 Å². The number of morpholine rings is 1. The van der Waals surface area contributed by atoms with Crippen LogP contribution in [0.5, 0.6) is 11.5 Å². The molecule has 3 aromatic rings. The SMILES string of the molecule is CCOc1cc(C2c3c(-c4ccccc4)n[nH]c3C(=O)N2CCCN2CCOCC2)ccc1O. The lowest BCUT2D eigenvalue weighted by atomic mass is 9.95. The van der Waals surface area contributed by atoms with Crippen molar-refractivity contribution in [2.75, 3.05) is 46.0 Å². The highest BCUT2D eigenvalue weighted by molar-refractivity contribution is 6.00. The number of carbonyl (C=O) groups excluding carboxylic acids is 1. The third-order valence-electron chi connectivity index (χ3n) is 6.49. The van der Waals surface area contributed by atoms with Crippen molar-refractivity contribution in [1.82, 2.24) is 20.0 Å². The number of phenolic OH excluding ortho intramolecular Hbond substituents is 1. The molecular weight excluding hydrogens is 432 g/mol. The summed E-state index contributed by atoms with van der Waals surface area (Å²) in [5.41, 5.74) is 4.02. The first-order valence-electron chi connectivity index (χ1n) is 11.9. The maximum atomic E-state index is 13.5. The average Bonchev–Trinajstić information content (AvgIpc) is 3.41. The largest absolute Gasteiger partial charge is 0.504 e. The third kappa shape index (κ3) is 4.26. The van der Waals surface area contributed by atoms with Crippen molar-refractivity contribution in [2.45, 2.75) is 19.4 Å². The quantitative estimate of drug-likeness (QED) is 0.533. The number of fused-ring (bicyclic) bond motifs is 1. The molecule has 0 spiro atoms. The number of aromatic amines is 1. The molecule has 2 aromatic carbocycles. The van der Waals surface area contributed by atoms with Crippen molar-refractivity contribution >= 4 is 5.91 Å². The summed E-state index contributed by atoms with van der Waals surface area (Å²) in [6, 6.07) is 14.9. The number of hydrogen-bond acceptors (Lipinski definition) is 6. The first-order chi connectivity index (χ1) is 16.7. The Bertz CT molecular complexity index is 1140. The number of hydrogen-bond donors (Lipinski definition) is 2. The topological polar surface area (TPSA) is 90.9 Å². The molecule has 8 nitrogen and oxygen atoms in total. The fraction of sp³-hybridized carbons (Fsp3) is 0.385. The van der Waals surface area contributed by atoms with Crippen LogP contribution in [0, 0.1) is 0 Å². The van der Waals surface area contributed by atoms with Crippen LogP contribution < -0.4 is 4.74 Å². The van der Waals surface area contributed by atoms with Crippen molar-refractivity contribution in [2.24, 2.45) is 0 Å². The molecule has 34 heavy (non-hydrogen) atoms. The van der Waals surface area contributed by atoms with Crippen molar-refractivity contribution in [3.05, 3.63) is 65.4 Å². The Kier molecular flexibility index (Phi) is 6.51. The number of benzene rings is 2. The van der Waals surface area contributed by atoms with E-state index >= 15 is 0 Å². The monoisotopic (exact) mass is 462 g/mol. The van der Waals surface area contributed by atoms with Crippen molar-refractivity contribution in [3.8, 4) is 22.8 Å². The van der Waals surface area contributed by atoms with Gasteiger partial charge in [0.15, 0.2) is 11.5 Å². The molecular formula is C26H30N4O4. The molecule has 1 amide bonds. The molecule has 178 valence electrons. The number of amides is 1. The number of carbonyl (C=O) groups is 1. The third-order valence-corrected chi connectivity index (χ3v) is 6.49. The van der Waals surface area contributed by atoms with E-state index in [9.17, 15) is 9.90 Å². The fourth-order valence-corrected chi connectivity index (χ4v) is 4.85. The zero-order valence-electron chi connectivity index (χ0n) is 19.4. The van der Waals surface area contributed by atoms with E-state index in [1.165, 1.54) is 0 Å². The summed E-state index contributed by atoms with van der Waals surface area (Å²) >= 11 is 0. The zero-order chi connectivity index (χ0) is 23.5. The van der Waals surface area contributed by atoms with Crippen molar-refractivity contribution < 1.29 is 19.4 Å². The molecule has 2 aliphatic rings.